The zero-order chi connectivity index (χ0) is 13.2. The van der Waals surface area contributed by atoms with Crippen molar-refractivity contribution in [2.75, 3.05) is 25.0 Å². The number of aromatic nitrogens is 2. The molecule has 0 spiro atoms. The third-order valence-corrected chi connectivity index (χ3v) is 4.44. The van der Waals surface area contributed by atoms with E-state index in [1.54, 1.807) is 0 Å². The lowest BCUT2D eigenvalue weighted by atomic mass is 9.97. The molecule has 2 saturated heterocycles. The van der Waals surface area contributed by atoms with Gasteiger partial charge in [0, 0.05) is 31.4 Å². The first-order valence-corrected chi connectivity index (χ1v) is 7.42. The van der Waals surface area contributed by atoms with Gasteiger partial charge in [0.25, 0.3) is 0 Å². The van der Waals surface area contributed by atoms with Crippen LogP contribution in [0.2, 0.25) is 0 Å². The van der Waals surface area contributed by atoms with E-state index in [2.05, 4.69) is 39.5 Å². The van der Waals surface area contributed by atoms with Gasteiger partial charge in [-0.2, -0.15) is 0 Å². The fourth-order valence-corrected chi connectivity index (χ4v) is 3.54. The van der Waals surface area contributed by atoms with Gasteiger partial charge >= 0.3 is 0 Å². The van der Waals surface area contributed by atoms with Gasteiger partial charge in [-0.1, -0.05) is 6.08 Å². The highest BCUT2D eigenvalue weighted by Crippen LogP contribution is 2.34. The standard InChI is InChI=1S/C15H24N4/c1-3-7-16-15-17-12(2)11-19(15)14-6-9-18-8-4-5-13(18)10-14/h3,11,13-14H,1,4-10H2,2H3,(H,16,17). The average Bonchev–Trinajstić information content (AvgIpc) is 3.01. The number of imidazole rings is 1. The Morgan fingerprint density at radius 1 is 1.42 bits per heavy atom. The number of rotatable bonds is 4. The van der Waals surface area contributed by atoms with Crippen LogP contribution in [0, 0.1) is 6.92 Å². The molecule has 1 N–H and O–H groups in total. The van der Waals surface area contributed by atoms with Crippen LogP contribution in [0.25, 0.3) is 0 Å². The van der Waals surface area contributed by atoms with Crippen molar-refractivity contribution in [3.05, 3.63) is 24.5 Å². The fourth-order valence-electron chi connectivity index (χ4n) is 3.54. The molecule has 0 radical (unpaired) electrons. The molecule has 2 aliphatic heterocycles. The maximum absolute atomic E-state index is 4.60. The monoisotopic (exact) mass is 260 g/mol. The largest absolute Gasteiger partial charge is 0.352 e. The van der Waals surface area contributed by atoms with Gasteiger partial charge in [0.05, 0.1) is 5.69 Å². The summed E-state index contributed by atoms with van der Waals surface area (Å²) in [4.78, 5) is 7.26. The number of hydrogen-bond donors (Lipinski definition) is 1. The Kier molecular flexibility index (Phi) is 3.60. The normalized spacial score (nSPS) is 27.2. The summed E-state index contributed by atoms with van der Waals surface area (Å²) in [6.45, 7) is 9.16. The lowest BCUT2D eigenvalue weighted by Gasteiger charge is -2.35. The highest BCUT2D eigenvalue weighted by molar-refractivity contribution is 5.30. The predicted molar refractivity (Wildman–Crippen MR) is 78.5 cm³/mol. The number of fused-ring (bicyclic) bond motifs is 1. The Hall–Kier alpha value is -1.29. The van der Waals surface area contributed by atoms with E-state index in [1.165, 1.54) is 38.8 Å². The molecule has 2 unspecified atom stereocenters. The van der Waals surface area contributed by atoms with Crippen LogP contribution in [0.15, 0.2) is 18.9 Å². The second kappa shape index (κ2) is 5.37. The summed E-state index contributed by atoms with van der Waals surface area (Å²) >= 11 is 0. The number of piperidine rings is 1. The molecule has 0 aliphatic carbocycles. The molecule has 3 heterocycles. The predicted octanol–water partition coefficient (Wildman–Crippen LogP) is 2.59. The molecule has 0 bridgehead atoms. The van der Waals surface area contributed by atoms with E-state index in [4.69, 9.17) is 0 Å². The van der Waals surface area contributed by atoms with Gasteiger partial charge in [0.1, 0.15) is 0 Å². The van der Waals surface area contributed by atoms with Crippen molar-refractivity contribution in [2.24, 2.45) is 0 Å². The lowest BCUT2D eigenvalue weighted by molar-refractivity contribution is 0.156. The molecule has 19 heavy (non-hydrogen) atoms. The van der Waals surface area contributed by atoms with Crippen LogP contribution in [0.1, 0.15) is 37.4 Å². The Morgan fingerprint density at radius 3 is 3.16 bits per heavy atom. The Balaban J connectivity index is 1.75. The van der Waals surface area contributed by atoms with Gasteiger partial charge in [-0.15, -0.1) is 6.58 Å². The number of nitrogens with one attached hydrogen (secondary N) is 1. The first-order valence-electron chi connectivity index (χ1n) is 7.42. The van der Waals surface area contributed by atoms with Crippen LogP contribution >= 0.6 is 0 Å². The molecule has 104 valence electrons. The quantitative estimate of drug-likeness (QED) is 0.845. The van der Waals surface area contributed by atoms with Crippen molar-refractivity contribution in [1.82, 2.24) is 14.5 Å². The molecule has 3 rings (SSSR count). The summed E-state index contributed by atoms with van der Waals surface area (Å²) in [6.07, 6.45) is 9.35. The summed E-state index contributed by atoms with van der Waals surface area (Å²) in [7, 11) is 0. The minimum atomic E-state index is 0.605. The van der Waals surface area contributed by atoms with E-state index in [1.807, 2.05) is 6.08 Å². The molecular formula is C15H24N4. The smallest absolute Gasteiger partial charge is 0.203 e. The Bertz CT molecular complexity index is 451. The van der Waals surface area contributed by atoms with Gasteiger partial charge in [-0.05, 0) is 39.2 Å². The molecular weight excluding hydrogens is 236 g/mol. The van der Waals surface area contributed by atoms with E-state index in [0.29, 0.717) is 6.04 Å². The Labute approximate surface area is 115 Å². The number of hydrogen-bond acceptors (Lipinski definition) is 3. The van der Waals surface area contributed by atoms with Crippen molar-refractivity contribution in [3.63, 3.8) is 0 Å². The molecule has 2 fully saturated rings. The molecule has 0 aromatic carbocycles. The first kappa shape index (κ1) is 12.7. The Morgan fingerprint density at radius 2 is 2.32 bits per heavy atom. The summed E-state index contributed by atoms with van der Waals surface area (Å²) in [5, 5.41) is 3.36. The number of anilines is 1. The maximum atomic E-state index is 4.60. The second-order valence-electron chi connectivity index (χ2n) is 5.79. The molecule has 4 nitrogen and oxygen atoms in total. The van der Waals surface area contributed by atoms with Gasteiger partial charge in [0.2, 0.25) is 5.95 Å². The summed E-state index contributed by atoms with van der Waals surface area (Å²) in [6, 6.07) is 1.40. The summed E-state index contributed by atoms with van der Waals surface area (Å²) in [5.74, 6) is 1.01. The van der Waals surface area contributed by atoms with E-state index < -0.39 is 0 Å². The summed E-state index contributed by atoms with van der Waals surface area (Å²) in [5.41, 5.74) is 1.10. The van der Waals surface area contributed by atoms with Crippen LogP contribution in [0.3, 0.4) is 0 Å². The van der Waals surface area contributed by atoms with E-state index in [-0.39, 0.29) is 0 Å². The van der Waals surface area contributed by atoms with Crippen molar-refractivity contribution < 1.29 is 0 Å². The number of aryl methyl sites for hydroxylation is 1. The third-order valence-electron chi connectivity index (χ3n) is 4.44. The minimum Gasteiger partial charge on any atom is -0.352 e. The first-order chi connectivity index (χ1) is 9.28. The summed E-state index contributed by atoms with van der Waals surface area (Å²) < 4.78 is 2.36. The molecule has 0 saturated carbocycles. The van der Waals surface area contributed by atoms with Crippen molar-refractivity contribution in [1.29, 1.82) is 0 Å². The highest BCUT2D eigenvalue weighted by atomic mass is 15.2. The third kappa shape index (κ3) is 2.54. The van der Waals surface area contributed by atoms with Gasteiger partial charge in [-0.25, -0.2) is 4.98 Å². The van der Waals surface area contributed by atoms with Crippen molar-refractivity contribution in [2.45, 2.75) is 44.7 Å². The SMILES string of the molecule is C=CCNc1nc(C)cn1C1CCN2CCCC2C1. The molecule has 0 amide bonds. The van der Waals surface area contributed by atoms with Gasteiger partial charge in [-0.3, -0.25) is 0 Å². The van der Waals surface area contributed by atoms with Crippen molar-refractivity contribution >= 4 is 5.95 Å². The minimum absolute atomic E-state index is 0.605. The van der Waals surface area contributed by atoms with E-state index >= 15 is 0 Å². The van der Waals surface area contributed by atoms with Crippen LogP contribution in [-0.2, 0) is 0 Å². The van der Waals surface area contributed by atoms with Crippen LogP contribution in [0.5, 0.6) is 0 Å². The fraction of sp³-hybridized carbons (Fsp3) is 0.667. The maximum Gasteiger partial charge on any atom is 0.203 e. The van der Waals surface area contributed by atoms with Gasteiger partial charge < -0.3 is 14.8 Å². The van der Waals surface area contributed by atoms with E-state index in [0.717, 1.165) is 24.2 Å². The second-order valence-corrected chi connectivity index (χ2v) is 5.79. The zero-order valence-corrected chi connectivity index (χ0v) is 11.8. The van der Waals surface area contributed by atoms with Crippen LogP contribution in [0.4, 0.5) is 5.95 Å². The van der Waals surface area contributed by atoms with E-state index in [9.17, 15) is 0 Å². The number of nitrogens with zero attached hydrogens (tertiary/aromatic N) is 3. The molecule has 1 aromatic heterocycles. The molecule has 2 aliphatic rings. The lowest BCUT2D eigenvalue weighted by Crippen LogP contribution is -2.38. The van der Waals surface area contributed by atoms with Crippen LogP contribution in [-0.4, -0.2) is 40.1 Å². The van der Waals surface area contributed by atoms with Crippen molar-refractivity contribution in [3.8, 4) is 0 Å². The topological polar surface area (TPSA) is 33.1 Å². The highest BCUT2D eigenvalue weighted by Gasteiger charge is 2.33. The van der Waals surface area contributed by atoms with Gasteiger partial charge in [0.15, 0.2) is 0 Å². The molecule has 1 aromatic rings. The molecule has 2 atom stereocenters. The molecule has 4 heteroatoms. The zero-order valence-electron chi connectivity index (χ0n) is 11.8. The average molecular weight is 260 g/mol. The van der Waals surface area contributed by atoms with Crippen LogP contribution < -0.4 is 5.32 Å².